The monoisotopic (exact) mass is 454 g/mol. The number of fused-ring (bicyclic) bond motifs is 1. The van der Waals surface area contributed by atoms with E-state index < -0.39 is 24.3 Å². The molecule has 1 aliphatic heterocycles. The topological polar surface area (TPSA) is 92.8 Å². The first-order chi connectivity index (χ1) is 13.4. The van der Waals surface area contributed by atoms with Crippen LogP contribution < -0.4 is 5.32 Å². The van der Waals surface area contributed by atoms with E-state index in [1.807, 2.05) is 0 Å². The van der Waals surface area contributed by atoms with Crippen LogP contribution in [0.1, 0.15) is 32.1 Å². The second-order valence-corrected chi connectivity index (χ2v) is 7.82. The van der Waals surface area contributed by atoms with Crippen LogP contribution in [0.3, 0.4) is 0 Å². The highest BCUT2D eigenvalue weighted by atomic mass is 79.9. The molecule has 0 bridgehead atoms. The van der Waals surface area contributed by atoms with Gasteiger partial charge in [-0.2, -0.15) is 0 Å². The number of ether oxygens (including phenoxy) is 1. The minimum Gasteiger partial charge on any atom is -0.456 e. The van der Waals surface area contributed by atoms with Crippen LogP contribution in [0, 0.1) is 17.7 Å². The van der Waals surface area contributed by atoms with Crippen molar-refractivity contribution in [1.29, 1.82) is 0 Å². The Hall–Kier alpha value is -2.29. The number of nitrogens with one attached hydrogen (secondary N) is 1. The van der Waals surface area contributed by atoms with Crippen molar-refractivity contribution in [3.8, 4) is 0 Å². The standard InChI is InChI=1S/C19H20BrFN2O5/c20-11-5-6-15(14(21)9-11)22-16(24)10-28-17(25)7-8-23-18(26)12-3-1-2-4-13(12)19(23)27/h5-6,9,12-13H,1-4,7-8,10H2,(H,22,24)/t12-,13-/m0/s1. The van der Waals surface area contributed by atoms with Gasteiger partial charge in [-0.25, -0.2) is 4.39 Å². The summed E-state index contributed by atoms with van der Waals surface area (Å²) in [6.45, 7) is -0.631. The molecule has 7 nitrogen and oxygen atoms in total. The highest BCUT2D eigenvalue weighted by molar-refractivity contribution is 9.10. The van der Waals surface area contributed by atoms with Crippen LogP contribution >= 0.6 is 15.9 Å². The summed E-state index contributed by atoms with van der Waals surface area (Å²) in [7, 11) is 0. The lowest BCUT2D eigenvalue weighted by Crippen LogP contribution is -2.33. The summed E-state index contributed by atoms with van der Waals surface area (Å²) >= 11 is 3.11. The third-order valence-corrected chi connectivity index (χ3v) is 5.53. The molecular formula is C19H20BrFN2O5. The molecule has 1 saturated carbocycles. The first-order valence-corrected chi connectivity index (χ1v) is 9.92. The van der Waals surface area contributed by atoms with Crippen molar-refractivity contribution in [1.82, 2.24) is 4.90 Å². The molecule has 1 aliphatic carbocycles. The molecule has 0 radical (unpaired) electrons. The van der Waals surface area contributed by atoms with Gasteiger partial charge in [0.2, 0.25) is 11.8 Å². The molecule has 150 valence electrons. The van der Waals surface area contributed by atoms with Gasteiger partial charge in [-0.05, 0) is 31.0 Å². The maximum absolute atomic E-state index is 13.7. The van der Waals surface area contributed by atoms with E-state index in [1.54, 1.807) is 6.07 Å². The predicted octanol–water partition coefficient (Wildman–Crippen LogP) is 2.64. The first-order valence-electron chi connectivity index (χ1n) is 9.12. The third kappa shape index (κ3) is 4.57. The van der Waals surface area contributed by atoms with Gasteiger partial charge < -0.3 is 10.1 Å². The molecule has 3 amide bonds. The maximum atomic E-state index is 13.7. The quantitative estimate of drug-likeness (QED) is 0.526. The second-order valence-electron chi connectivity index (χ2n) is 6.91. The number of amides is 3. The smallest absolute Gasteiger partial charge is 0.308 e. The number of imide groups is 1. The molecule has 1 heterocycles. The van der Waals surface area contributed by atoms with E-state index in [0.29, 0.717) is 17.3 Å². The van der Waals surface area contributed by atoms with Crippen LogP contribution in [-0.2, 0) is 23.9 Å². The number of halogens is 2. The summed E-state index contributed by atoms with van der Waals surface area (Å²) < 4.78 is 19.1. The van der Waals surface area contributed by atoms with E-state index in [1.165, 1.54) is 12.1 Å². The fourth-order valence-corrected chi connectivity index (χ4v) is 3.98. The van der Waals surface area contributed by atoms with Crippen molar-refractivity contribution in [2.45, 2.75) is 32.1 Å². The van der Waals surface area contributed by atoms with Gasteiger partial charge in [0, 0.05) is 11.0 Å². The van der Waals surface area contributed by atoms with E-state index in [9.17, 15) is 23.6 Å². The number of rotatable bonds is 6. The molecule has 28 heavy (non-hydrogen) atoms. The van der Waals surface area contributed by atoms with Crippen molar-refractivity contribution < 1.29 is 28.3 Å². The maximum Gasteiger partial charge on any atom is 0.308 e. The zero-order valence-electron chi connectivity index (χ0n) is 15.1. The van der Waals surface area contributed by atoms with Gasteiger partial charge >= 0.3 is 5.97 Å². The van der Waals surface area contributed by atoms with E-state index in [2.05, 4.69) is 21.2 Å². The van der Waals surface area contributed by atoms with Gasteiger partial charge in [-0.1, -0.05) is 28.8 Å². The van der Waals surface area contributed by atoms with Crippen LogP contribution in [0.5, 0.6) is 0 Å². The largest absolute Gasteiger partial charge is 0.456 e. The van der Waals surface area contributed by atoms with Crippen LogP contribution in [0.2, 0.25) is 0 Å². The highest BCUT2D eigenvalue weighted by Crippen LogP contribution is 2.37. The number of nitrogens with zero attached hydrogens (tertiary/aromatic N) is 1. The minimum atomic E-state index is -0.707. The fourth-order valence-electron chi connectivity index (χ4n) is 3.65. The molecule has 3 rings (SSSR count). The van der Waals surface area contributed by atoms with E-state index in [-0.39, 0.29) is 42.3 Å². The second kappa shape index (κ2) is 8.81. The summed E-state index contributed by atoms with van der Waals surface area (Å²) in [6, 6.07) is 4.14. The number of carbonyl (C=O) groups excluding carboxylic acids is 4. The van der Waals surface area contributed by atoms with Gasteiger partial charge in [-0.15, -0.1) is 0 Å². The molecule has 1 aromatic carbocycles. The number of carbonyl (C=O) groups is 4. The Morgan fingerprint density at radius 3 is 2.43 bits per heavy atom. The minimum absolute atomic E-state index is 0.0277. The summed E-state index contributed by atoms with van der Waals surface area (Å²) in [5.41, 5.74) is -0.0277. The molecule has 0 spiro atoms. The fraction of sp³-hybridized carbons (Fsp3) is 0.474. The summed E-state index contributed by atoms with van der Waals surface area (Å²) in [5, 5.41) is 2.31. The van der Waals surface area contributed by atoms with Gasteiger partial charge in [0.1, 0.15) is 5.82 Å². The Bertz CT molecular complexity index is 792. The number of hydrogen-bond acceptors (Lipinski definition) is 5. The number of esters is 1. The van der Waals surface area contributed by atoms with Crippen molar-refractivity contribution in [2.75, 3.05) is 18.5 Å². The molecular weight excluding hydrogens is 435 g/mol. The van der Waals surface area contributed by atoms with Crippen molar-refractivity contribution in [3.05, 3.63) is 28.5 Å². The summed E-state index contributed by atoms with van der Waals surface area (Å²) in [6.07, 6.45) is 3.11. The van der Waals surface area contributed by atoms with Gasteiger partial charge in [-0.3, -0.25) is 24.1 Å². The lowest BCUT2D eigenvalue weighted by molar-refractivity contribution is -0.148. The molecule has 1 aromatic rings. The van der Waals surface area contributed by atoms with Crippen molar-refractivity contribution in [2.24, 2.45) is 11.8 Å². The molecule has 2 aliphatic rings. The van der Waals surface area contributed by atoms with Crippen LogP contribution in [-0.4, -0.2) is 41.7 Å². The molecule has 0 unspecified atom stereocenters. The molecule has 2 atom stereocenters. The average molecular weight is 455 g/mol. The first kappa shape index (κ1) is 20.4. The Morgan fingerprint density at radius 1 is 1.18 bits per heavy atom. The predicted molar refractivity (Wildman–Crippen MR) is 100 cm³/mol. The van der Waals surface area contributed by atoms with E-state index >= 15 is 0 Å². The average Bonchev–Trinajstić information content (AvgIpc) is 2.91. The zero-order valence-corrected chi connectivity index (χ0v) is 16.7. The number of anilines is 1. The molecule has 2 fully saturated rings. The summed E-state index contributed by atoms with van der Waals surface area (Å²) in [4.78, 5) is 49.5. The number of likely N-dealkylation sites (tertiary alicyclic amines) is 1. The van der Waals surface area contributed by atoms with Gasteiger partial charge in [0.15, 0.2) is 6.61 Å². The van der Waals surface area contributed by atoms with Gasteiger partial charge in [0.25, 0.3) is 5.91 Å². The van der Waals surface area contributed by atoms with Crippen LogP contribution in [0.4, 0.5) is 10.1 Å². The molecule has 1 saturated heterocycles. The van der Waals surface area contributed by atoms with Gasteiger partial charge in [0.05, 0.1) is 23.9 Å². The molecule has 1 N–H and O–H groups in total. The van der Waals surface area contributed by atoms with E-state index in [4.69, 9.17) is 4.74 Å². The van der Waals surface area contributed by atoms with E-state index in [0.717, 1.165) is 17.7 Å². The normalized spacial score (nSPS) is 21.4. The highest BCUT2D eigenvalue weighted by Gasteiger charge is 2.47. The lowest BCUT2D eigenvalue weighted by Gasteiger charge is -2.19. The lowest BCUT2D eigenvalue weighted by atomic mass is 9.81. The third-order valence-electron chi connectivity index (χ3n) is 5.04. The Morgan fingerprint density at radius 2 is 1.82 bits per heavy atom. The van der Waals surface area contributed by atoms with Crippen LogP contribution in [0.25, 0.3) is 0 Å². The van der Waals surface area contributed by atoms with Crippen LogP contribution in [0.15, 0.2) is 22.7 Å². The van der Waals surface area contributed by atoms with Crippen molar-refractivity contribution in [3.63, 3.8) is 0 Å². The molecule has 9 heteroatoms. The molecule has 0 aromatic heterocycles. The Labute approximate surface area is 169 Å². The SMILES string of the molecule is O=C(COC(=O)CCN1C(=O)[C@H]2CCCC[C@@H]2C1=O)Nc1ccc(Br)cc1F. The Balaban J connectivity index is 1.44. The zero-order chi connectivity index (χ0) is 20.3. The summed E-state index contributed by atoms with van der Waals surface area (Å²) in [5.74, 6) is -2.97. The number of hydrogen-bond donors (Lipinski definition) is 1. The Kier molecular flexibility index (Phi) is 6.43. The van der Waals surface area contributed by atoms with Crippen molar-refractivity contribution >= 4 is 45.3 Å². The number of benzene rings is 1.